The van der Waals surface area contributed by atoms with E-state index in [1.165, 1.54) is 0 Å². The Kier molecular flexibility index (Phi) is 1.85. The zero-order valence-electron chi connectivity index (χ0n) is 6.57. The minimum absolute atomic E-state index is 0.0598. The van der Waals surface area contributed by atoms with E-state index in [0.717, 1.165) is 0 Å². The van der Waals surface area contributed by atoms with Crippen molar-refractivity contribution in [2.45, 2.75) is 6.10 Å². The van der Waals surface area contributed by atoms with E-state index in [0.29, 0.717) is 13.2 Å². The molecule has 0 radical (unpaired) electrons. The summed E-state index contributed by atoms with van der Waals surface area (Å²) in [5, 5.41) is 0. The van der Waals surface area contributed by atoms with Crippen LogP contribution in [0.15, 0.2) is 9.59 Å². The second kappa shape index (κ2) is 3.02. The van der Waals surface area contributed by atoms with Gasteiger partial charge in [-0.05, 0) is 0 Å². The molecule has 1 unspecified atom stereocenters. The molecule has 1 saturated heterocycles. The van der Waals surface area contributed by atoms with Gasteiger partial charge in [0.05, 0.1) is 6.61 Å². The van der Waals surface area contributed by atoms with Crippen molar-refractivity contribution in [2.24, 2.45) is 0 Å². The lowest BCUT2D eigenvalue weighted by atomic mass is 10.5. The molecular weight excluding hydrogens is 178 g/mol. The van der Waals surface area contributed by atoms with Gasteiger partial charge in [-0.1, -0.05) is 0 Å². The highest BCUT2D eigenvalue weighted by atomic mass is 16.6. The Labute approximate surface area is 71.7 Å². The Balaban J connectivity index is 2.09. The van der Waals surface area contributed by atoms with Crippen molar-refractivity contribution in [1.82, 2.24) is 15.0 Å². The van der Waals surface area contributed by atoms with E-state index in [4.69, 9.17) is 9.47 Å². The quantitative estimate of drug-likeness (QED) is 0.543. The Morgan fingerprint density at radius 2 is 2.31 bits per heavy atom. The van der Waals surface area contributed by atoms with Crippen molar-refractivity contribution in [3.05, 3.63) is 21.0 Å². The van der Waals surface area contributed by atoms with Crippen LogP contribution in [0.5, 0.6) is 6.01 Å². The zero-order valence-corrected chi connectivity index (χ0v) is 6.57. The molecule has 70 valence electrons. The third-order valence-corrected chi connectivity index (χ3v) is 1.45. The highest BCUT2D eigenvalue weighted by Gasteiger charge is 2.23. The second-order valence-corrected chi connectivity index (χ2v) is 2.57. The number of H-pyrrole nitrogens is 2. The fourth-order valence-corrected chi connectivity index (χ4v) is 0.778. The zero-order chi connectivity index (χ0) is 9.26. The topological polar surface area (TPSA) is 100 Å². The van der Waals surface area contributed by atoms with Gasteiger partial charge >= 0.3 is 17.4 Å². The second-order valence-electron chi connectivity index (χ2n) is 2.57. The lowest BCUT2D eigenvalue weighted by molar-refractivity contribution is 0.244. The van der Waals surface area contributed by atoms with Crippen LogP contribution < -0.4 is 16.1 Å². The van der Waals surface area contributed by atoms with E-state index >= 15 is 0 Å². The van der Waals surface area contributed by atoms with E-state index in [1.54, 1.807) is 0 Å². The van der Waals surface area contributed by atoms with Gasteiger partial charge in [-0.25, -0.2) is 9.59 Å². The van der Waals surface area contributed by atoms with Crippen molar-refractivity contribution in [1.29, 1.82) is 0 Å². The molecular formula is C6H7N3O4. The largest absolute Gasteiger partial charge is 0.462 e. The molecule has 0 saturated carbocycles. The predicted octanol–water partition coefficient (Wildman–Crippen LogP) is -1.76. The number of nitrogens with one attached hydrogen (secondary N) is 2. The number of epoxide rings is 1. The third kappa shape index (κ3) is 2.15. The van der Waals surface area contributed by atoms with Crippen LogP contribution in [0.1, 0.15) is 0 Å². The molecule has 7 nitrogen and oxygen atoms in total. The summed E-state index contributed by atoms with van der Waals surface area (Å²) in [6.07, 6.45) is 0.0598. The molecule has 13 heavy (non-hydrogen) atoms. The fourth-order valence-electron chi connectivity index (χ4n) is 0.778. The van der Waals surface area contributed by atoms with Crippen LogP contribution in [-0.4, -0.2) is 34.3 Å². The van der Waals surface area contributed by atoms with Crippen molar-refractivity contribution in [3.63, 3.8) is 0 Å². The lowest BCUT2D eigenvalue weighted by Crippen LogP contribution is -2.26. The Hall–Kier alpha value is -1.63. The van der Waals surface area contributed by atoms with Crippen LogP contribution in [0, 0.1) is 0 Å². The SMILES string of the molecule is O=c1nc(OCC2CO2)[nH]c(=O)[nH]1. The summed E-state index contributed by atoms with van der Waals surface area (Å²) in [6, 6.07) is -0.0794. The van der Waals surface area contributed by atoms with Crippen molar-refractivity contribution in [2.75, 3.05) is 13.2 Å². The molecule has 2 heterocycles. The predicted molar refractivity (Wildman–Crippen MR) is 40.7 cm³/mol. The summed E-state index contributed by atoms with van der Waals surface area (Å²) >= 11 is 0. The number of nitrogens with zero attached hydrogens (tertiary/aromatic N) is 1. The number of hydrogen-bond acceptors (Lipinski definition) is 5. The van der Waals surface area contributed by atoms with E-state index in [9.17, 15) is 9.59 Å². The van der Waals surface area contributed by atoms with Gasteiger partial charge in [0.15, 0.2) is 0 Å². The van der Waals surface area contributed by atoms with Crippen LogP contribution in [0.4, 0.5) is 0 Å². The number of aromatic amines is 2. The molecule has 0 amide bonds. The maximum Gasteiger partial charge on any atom is 0.353 e. The summed E-state index contributed by atoms with van der Waals surface area (Å²) in [5.41, 5.74) is -1.36. The van der Waals surface area contributed by atoms with E-state index < -0.39 is 11.4 Å². The molecule has 0 aliphatic carbocycles. The summed E-state index contributed by atoms with van der Waals surface area (Å²) in [6.45, 7) is 0.944. The first-order chi connectivity index (χ1) is 6.24. The highest BCUT2D eigenvalue weighted by molar-refractivity contribution is 4.89. The van der Waals surface area contributed by atoms with E-state index in [-0.39, 0.29) is 12.1 Å². The molecule has 2 rings (SSSR count). The van der Waals surface area contributed by atoms with E-state index in [1.807, 2.05) is 4.98 Å². The van der Waals surface area contributed by atoms with Crippen molar-refractivity contribution < 1.29 is 9.47 Å². The summed E-state index contributed by atoms with van der Waals surface area (Å²) in [7, 11) is 0. The van der Waals surface area contributed by atoms with Gasteiger partial charge in [0.2, 0.25) is 0 Å². The minimum Gasteiger partial charge on any atom is -0.462 e. The molecule has 1 atom stereocenters. The Morgan fingerprint density at radius 1 is 1.54 bits per heavy atom. The number of rotatable bonds is 3. The van der Waals surface area contributed by atoms with Crippen LogP contribution >= 0.6 is 0 Å². The minimum atomic E-state index is -0.726. The average Bonchev–Trinajstić information content (AvgIpc) is 2.81. The average molecular weight is 185 g/mol. The van der Waals surface area contributed by atoms with Crippen LogP contribution in [0.2, 0.25) is 0 Å². The summed E-state index contributed by atoms with van der Waals surface area (Å²) in [4.78, 5) is 28.9. The van der Waals surface area contributed by atoms with Gasteiger partial charge < -0.3 is 9.47 Å². The molecule has 1 aliphatic heterocycles. The summed E-state index contributed by atoms with van der Waals surface area (Å²) < 4.78 is 9.84. The number of ether oxygens (including phenoxy) is 2. The molecule has 0 aromatic carbocycles. The first-order valence-corrected chi connectivity index (χ1v) is 3.69. The third-order valence-electron chi connectivity index (χ3n) is 1.45. The molecule has 2 N–H and O–H groups in total. The van der Waals surface area contributed by atoms with Gasteiger partial charge in [-0.2, -0.15) is 0 Å². The standard InChI is InChI=1S/C6H7N3O4/c10-4-7-5(11)9-6(8-4)13-2-3-1-12-3/h3H,1-2H2,(H2,7,8,9,10,11). The van der Waals surface area contributed by atoms with Gasteiger partial charge in [0.1, 0.15) is 12.7 Å². The van der Waals surface area contributed by atoms with Gasteiger partial charge in [0, 0.05) is 0 Å². The number of hydrogen-bond donors (Lipinski definition) is 2. The van der Waals surface area contributed by atoms with Gasteiger partial charge in [0.25, 0.3) is 0 Å². The number of aromatic nitrogens is 3. The highest BCUT2D eigenvalue weighted by Crippen LogP contribution is 2.08. The van der Waals surface area contributed by atoms with E-state index in [2.05, 4.69) is 9.97 Å². The molecule has 1 fully saturated rings. The van der Waals surface area contributed by atoms with Crippen molar-refractivity contribution in [3.8, 4) is 6.01 Å². The molecule has 1 aliphatic rings. The Bertz CT molecular complexity index is 377. The van der Waals surface area contributed by atoms with Crippen molar-refractivity contribution >= 4 is 0 Å². The van der Waals surface area contributed by atoms with Crippen LogP contribution in [-0.2, 0) is 4.74 Å². The molecule has 1 aromatic heterocycles. The lowest BCUT2D eigenvalue weighted by Gasteiger charge is -1.99. The monoisotopic (exact) mass is 185 g/mol. The molecule has 0 spiro atoms. The maximum absolute atomic E-state index is 10.7. The smallest absolute Gasteiger partial charge is 0.353 e. The molecule has 7 heteroatoms. The molecule has 1 aromatic rings. The first-order valence-electron chi connectivity index (χ1n) is 3.69. The normalized spacial score (nSPS) is 19.8. The Morgan fingerprint density at radius 3 is 2.92 bits per heavy atom. The fraction of sp³-hybridized carbons (Fsp3) is 0.500. The first kappa shape index (κ1) is 7.99. The maximum atomic E-state index is 10.7. The van der Waals surface area contributed by atoms with Crippen LogP contribution in [0.25, 0.3) is 0 Å². The summed E-state index contributed by atoms with van der Waals surface area (Å²) in [5.74, 6) is 0. The van der Waals surface area contributed by atoms with Gasteiger partial charge in [-0.15, -0.1) is 4.98 Å². The van der Waals surface area contributed by atoms with Crippen LogP contribution in [0.3, 0.4) is 0 Å². The molecule has 0 bridgehead atoms. The van der Waals surface area contributed by atoms with Gasteiger partial charge in [-0.3, -0.25) is 9.97 Å².